The number of nitro groups is 1. The number of aryl methyl sites for hydroxylation is 1. The highest BCUT2D eigenvalue weighted by molar-refractivity contribution is 6.51. The number of nitrogens with zero attached hydrogens (tertiary/aromatic N) is 3. The summed E-state index contributed by atoms with van der Waals surface area (Å²) < 4.78 is 0. The molecule has 1 unspecified atom stereocenters. The third kappa shape index (κ3) is 3.61. The third-order valence-corrected chi connectivity index (χ3v) is 5.66. The van der Waals surface area contributed by atoms with Gasteiger partial charge in [0, 0.05) is 40.8 Å². The molecule has 8 nitrogen and oxygen atoms in total. The molecule has 32 heavy (non-hydrogen) atoms. The van der Waals surface area contributed by atoms with E-state index in [0.717, 1.165) is 5.56 Å². The van der Waals surface area contributed by atoms with Gasteiger partial charge in [-0.3, -0.25) is 29.6 Å². The summed E-state index contributed by atoms with van der Waals surface area (Å²) in [6, 6.07) is 12.4. The number of amides is 1. The van der Waals surface area contributed by atoms with Gasteiger partial charge >= 0.3 is 0 Å². The average molecular weight is 450 g/mol. The van der Waals surface area contributed by atoms with E-state index in [0.29, 0.717) is 16.3 Å². The number of nitro benzene ring substituents is 1. The van der Waals surface area contributed by atoms with Crippen LogP contribution in [0.3, 0.4) is 0 Å². The fourth-order valence-electron chi connectivity index (χ4n) is 3.59. The Morgan fingerprint density at radius 2 is 1.75 bits per heavy atom. The largest absolute Gasteiger partial charge is 0.507 e. The number of aliphatic hydroxyl groups is 1. The average Bonchev–Trinajstić information content (AvgIpc) is 3.06. The number of carbonyl (C=O) groups excluding carboxylic acids is 2. The number of anilines is 1. The molecule has 0 bridgehead atoms. The molecule has 160 valence electrons. The van der Waals surface area contributed by atoms with Crippen LogP contribution in [0.2, 0.25) is 5.02 Å². The zero-order valence-corrected chi connectivity index (χ0v) is 17.5. The van der Waals surface area contributed by atoms with E-state index in [1.54, 1.807) is 30.3 Å². The van der Waals surface area contributed by atoms with Crippen molar-refractivity contribution in [2.45, 2.75) is 13.0 Å². The Kier molecular flexibility index (Phi) is 5.46. The molecule has 1 amide bonds. The Hall–Kier alpha value is -4.04. The second-order valence-electron chi connectivity index (χ2n) is 7.19. The maximum Gasteiger partial charge on any atom is 0.300 e. The highest BCUT2D eigenvalue weighted by Gasteiger charge is 2.47. The van der Waals surface area contributed by atoms with Gasteiger partial charge in [0.05, 0.1) is 16.5 Å². The molecule has 1 atom stereocenters. The van der Waals surface area contributed by atoms with Crippen molar-refractivity contribution in [2.75, 3.05) is 4.90 Å². The molecule has 2 aromatic carbocycles. The molecule has 0 spiro atoms. The Bertz CT molecular complexity index is 1270. The van der Waals surface area contributed by atoms with Crippen molar-refractivity contribution in [1.82, 2.24) is 4.98 Å². The molecule has 1 N–H and O–H groups in total. The lowest BCUT2D eigenvalue weighted by molar-refractivity contribution is -0.384. The molecule has 1 aliphatic heterocycles. The number of halogens is 1. The molecule has 0 aliphatic carbocycles. The first-order chi connectivity index (χ1) is 15.3. The molecule has 1 aliphatic rings. The van der Waals surface area contributed by atoms with E-state index in [1.165, 1.54) is 41.6 Å². The number of Topliss-reactive ketones (excluding diaryl/α,β-unsaturated/α-hetero) is 1. The van der Waals surface area contributed by atoms with E-state index < -0.39 is 28.4 Å². The standard InChI is InChI=1S/C23H16ClN3O5/c1-13-2-5-17(12-18(13)24)26-20(14-8-10-25-11-9-14)19(22(29)23(26)30)21(28)15-3-6-16(7-4-15)27(31)32/h2-12,20,28H,1H3/b21-19+. The van der Waals surface area contributed by atoms with Gasteiger partial charge in [-0.05, 0) is 54.4 Å². The van der Waals surface area contributed by atoms with E-state index >= 15 is 0 Å². The fraction of sp³-hybridized carbons (Fsp3) is 0.0870. The maximum atomic E-state index is 13.1. The van der Waals surface area contributed by atoms with Crippen LogP contribution < -0.4 is 4.90 Å². The van der Waals surface area contributed by atoms with Crippen molar-refractivity contribution in [3.05, 3.63) is 104 Å². The van der Waals surface area contributed by atoms with Gasteiger partial charge in [-0.25, -0.2) is 0 Å². The van der Waals surface area contributed by atoms with Gasteiger partial charge in [0.1, 0.15) is 5.76 Å². The van der Waals surface area contributed by atoms with E-state index in [1.807, 2.05) is 6.92 Å². The van der Waals surface area contributed by atoms with Crippen molar-refractivity contribution < 1.29 is 19.6 Å². The minimum absolute atomic E-state index is 0.133. The van der Waals surface area contributed by atoms with Crippen LogP contribution in [-0.4, -0.2) is 26.7 Å². The van der Waals surface area contributed by atoms with E-state index in [-0.39, 0.29) is 16.8 Å². The smallest absolute Gasteiger partial charge is 0.300 e. The number of aromatic nitrogens is 1. The first kappa shape index (κ1) is 21.2. The minimum Gasteiger partial charge on any atom is -0.507 e. The summed E-state index contributed by atoms with van der Waals surface area (Å²) in [7, 11) is 0. The summed E-state index contributed by atoms with van der Waals surface area (Å²) in [5.41, 5.74) is 1.63. The Balaban J connectivity index is 1.91. The number of aliphatic hydroxyl groups excluding tert-OH is 1. The molecular weight excluding hydrogens is 434 g/mol. The van der Waals surface area contributed by atoms with Gasteiger partial charge in [-0.1, -0.05) is 17.7 Å². The summed E-state index contributed by atoms with van der Waals surface area (Å²) in [4.78, 5) is 41.7. The summed E-state index contributed by atoms with van der Waals surface area (Å²) in [6.07, 6.45) is 3.03. The SMILES string of the molecule is Cc1ccc(N2C(=O)C(=O)/C(=C(/O)c3ccc([N+](=O)[O-])cc3)C2c2ccncc2)cc1Cl. The molecule has 1 fully saturated rings. The molecule has 9 heteroatoms. The zero-order chi connectivity index (χ0) is 23.0. The van der Waals surface area contributed by atoms with E-state index in [2.05, 4.69) is 4.98 Å². The van der Waals surface area contributed by atoms with Crippen LogP contribution in [0, 0.1) is 17.0 Å². The van der Waals surface area contributed by atoms with Crippen LogP contribution in [0.4, 0.5) is 11.4 Å². The molecule has 1 saturated heterocycles. The molecule has 0 saturated carbocycles. The van der Waals surface area contributed by atoms with Crippen LogP contribution in [0.5, 0.6) is 0 Å². The molecule has 1 aromatic heterocycles. The topological polar surface area (TPSA) is 114 Å². The van der Waals surface area contributed by atoms with Gasteiger partial charge in [-0.15, -0.1) is 0 Å². The minimum atomic E-state index is -0.938. The molecule has 2 heterocycles. The number of rotatable bonds is 4. The van der Waals surface area contributed by atoms with Gasteiger partial charge in [0.15, 0.2) is 0 Å². The summed E-state index contributed by atoms with van der Waals surface area (Å²) in [6.45, 7) is 1.81. The third-order valence-electron chi connectivity index (χ3n) is 5.25. The van der Waals surface area contributed by atoms with Crippen LogP contribution >= 0.6 is 11.6 Å². The highest BCUT2D eigenvalue weighted by Crippen LogP contribution is 2.42. The van der Waals surface area contributed by atoms with Crippen LogP contribution in [-0.2, 0) is 9.59 Å². The zero-order valence-electron chi connectivity index (χ0n) is 16.7. The number of benzene rings is 2. The van der Waals surface area contributed by atoms with E-state index in [4.69, 9.17) is 11.6 Å². The first-order valence-corrected chi connectivity index (χ1v) is 9.89. The number of carbonyl (C=O) groups is 2. The second kappa shape index (κ2) is 8.24. The van der Waals surface area contributed by atoms with Crippen molar-refractivity contribution in [3.63, 3.8) is 0 Å². The van der Waals surface area contributed by atoms with Gasteiger partial charge < -0.3 is 5.11 Å². The van der Waals surface area contributed by atoms with Crippen molar-refractivity contribution in [3.8, 4) is 0 Å². The second-order valence-corrected chi connectivity index (χ2v) is 7.59. The number of hydrogen-bond donors (Lipinski definition) is 1. The lowest BCUT2D eigenvalue weighted by Crippen LogP contribution is -2.29. The lowest BCUT2D eigenvalue weighted by Gasteiger charge is -2.25. The van der Waals surface area contributed by atoms with Crippen LogP contribution in [0.1, 0.15) is 22.7 Å². The predicted molar refractivity (Wildman–Crippen MR) is 118 cm³/mol. The molecule has 0 radical (unpaired) electrons. The summed E-state index contributed by atoms with van der Waals surface area (Å²) in [5, 5.41) is 22.4. The van der Waals surface area contributed by atoms with E-state index in [9.17, 15) is 24.8 Å². The fourth-order valence-corrected chi connectivity index (χ4v) is 3.76. The van der Waals surface area contributed by atoms with Gasteiger partial charge in [0.2, 0.25) is 0 Å². The number of pyridine rings is 1. The Labute approximate surface area is 187 Å². The summed E-state index contributed by atoms with van der Waals surface area (Å²) >= 11 is 6.26. The predicted octanol–water partition coefficient (Wildman–Crippen LogP) is 4.58. The number of ketones is 1. The summed E-state index contributed by atoms with van der Waals surface area (Å²) in [5.74, 6) is -2.13. The Morgan fingerprint density at radius 1 is 1.09 bits per heavy atom. The van der Waals surface area contributed by atoms with Crippen molar-refractivity contribution in [2.24, 2.45) is 0 Å². The normalized spacial score (nSPS) is 17.6. The van der Waals surface area contributed by atoms with Gasteiger partial charge in [-0.2, -0.15) is 0 Å². The quantitative estimate of drug-likeness (QED) is 0.205. The van der Waals surface area contributed by atoms with Crippen LogP contribution in [0.15, 0.2) is 72.6 Å². The first-order valence-electron chi connectivity index (χ1n) is 9.51. The van der Waals surface area contributed by atoms with Crippen molar-refractivity contribution in [1.29, 1.82) is 0 Å². The van der Waals surface area contributed by atoms with Crippen molar-refractivity contribution >= 4 is 40.4 Å². The van der Waals surface area contributed by atoms with Gasteiger partial charge in [0.25, 0.3) is 17.4 Å². The lowest BCUT2D eigenvalue weighted by atomic mass is 9.95. The number of hydrogen-bond acceptors (Lipinski definition) is 6. The number of non-ortho nitro benzene ring substituents is 1. The molecule has 3 aromatic rings. The molecular formula is C23H16ClN3O5. The highest BCUT2D eigenvalue weighted by atomic mass is 35.5. The molecule has 4 rings (SSSR count). The Morgan fingerprint density at radius 3 is 2.34 bits per heavy atom. The van der Waals surface area contributed by atoms with Crippen LogP contribution in [0.25, 0.3) is 5.76 Å². The maximum absolute atomic E-state index is 13.1. The monoisotopic (exact) mass is 449 g/mol.